The first-order valence-electron chi connectivity index (χ1n) is 7.94. The van der Waals surface area contributed by atoms with Crippen molar-refractivity contribution in [1.82, 2.24) is 0 Å². The zero-order valence-electron chi connectivity index (χ0n) is 15.4. The van der Waals surface area contributed by atoms with Crippen LogP contribution in [0.1, 0.15) is 20.7 Å². The maximum absolute atomic E-state index is 12.3. The summed E-state index contributed by atoms with van der Waals surface area (Å²) in [5.74, 6) is -0.538. The molecule has 0 radical (unpaired) electrons. The van der Waals surface area contributed by atoms with Gasteiger partial charge in [0.05, 0.1) is 26.9 Å². The molecule has 0 saturated carbocycles. The van der Waals surface area contributed by atoms with Crippen molar-refractivity contribution in [2.75, 3.05) is 27.9 Å². The number of benzene rings is 2. The molecule has 0 heterocycles. The van der Waals surface area contributed by atoms with E-state index in [-0.39, 0.29) is 28.4 Å². The molecule has 2 rings (SSSR count). The third-order valence-corrected chi connectivity index (χ3v) is 3.64. The van der Waals surface area contributed by atoms with Gasteiger partial charge in [0.1, 0.15) is 5.75 Å². The fraction of sp³-hybridized carbons (Fsp3) is 0.263. The quantitative estimate of drug-likeness (QED) is 0.475. The molecule has 2 aromatic rings. The molecule has 0 aliphatic heterocycles. The van der Waals surface area contributed by atoms with E-state index in [2.05, 4.69) is 4.74 Å². The van der Waals surface area contributed by atoms with Gasteiger partial charge in [0.25, 0.3) is 0 Å². The lowest BCUT2D eigenvalue weighted by molar-refractivity contribution is -0.0498. The van der Waals surface area contributed by atoms with Gasteiger partial charge in [0, 0.05) is 5.56 Å². The van der Waals surface area contributed by atoms with Crippen LogP contribution in [0.15, 0.2) is 36.4 Å². The first kappa shape index (κ1) is 20.9. The summed E-state index contributed by atoms with van der Waals surface area (Å²) in [7, 11) is 4.23. The van der Waals surface area contributed by atoms with Crippen LogP contribution in [-0.2, 0) is 4.74 Å². The molecule has 0 bridgehead atoms. The van der Waals surface area contributed by atoms with Crippen molar-refractivity contribution in [1.29, 1.82) is 0 Å². The molecule has 0 atom stereocenters. The molecule has 0 aliphatic carbocycles. The predicted molar refractivity (Wildman–Crippen MR) is 93.8 cm³/mol. The van der Waals surface area contributed by atoms with E-state index >= 15 is 0 Å². The second-order valence-electron chi connectivity index (χ2n) is 5.32. The standard InChI is InChI=1S/C19H18F2O7/c1-24-15-8-12(9-16(25-2)17(15)26-3)18(23)27-10-14(22)11-4-6-13(7-5-11)28-19(20)21/h4-9,19H,10H2,1-3H3. The van der Waals surface area contributed by atoms with Crippen LogP contribution in [-0.4, -0.2) is 46.3 Å². The second kappa shape index (κ2) is 9.54. The van der Waals surface area contributed by atoms with Gasteiger partial charge < -0.3 is 23.7 Å². The number of ether oxygens (including phenoxy) is 5. The summed E-state index contributed by atoms with van der Waals surface area (Å²) in [5, 5.41) is 0. The number of halogens is 2. The number of methoxy groups -OCH3 is 3. The number of hydrogen-bond donors (Lipinski definition) is 0. The van der Waals surface area contributed by atoms with E-state index in [9.17, 15) is 18.4 Å². The Balaban J connectivity index is 2.06. The number of hydrogen-bond acceptors (Lipinski definition) is 7. The largest absolute Gasteiger partial charge is 0.493 e. The molecule has 150 valence electrons. The van der Waals surface area contributed by atoms with E-state index in [0.717, 1.165) is 0 Å². The Hall–Kier alpha value is -3.36. The molecular formula is C19H18F2O7. The van der Waals surface area contributed by atoms with Gasteiger partial charge in [-0.3, -0.25) is 4.79 Å². The van der Waals surface area contributed by atoms with Crippen LogP contribution in [0.3, 0.4) is 0 Å². The number of Topliss-reactive ketones (excluding diaryl/α,β-unsaturated/α-hetero) is 1. The van der Waals surface area contributed by atoms with Crippen molar-refractivity contribution in [2.24, 2.45) is 0 Å². The van der Waals surface area contributed by atoms with Crippen LogP contribution in [0.25, 0.3) is 0 Å². The number of carbonyl (C=O) groups excluding carboxylic acids is 2. The number of carbonyl (C=O) groups is 2. The lowest BCUT2D eigenvalue weighted by atomic mass is 10.1. The van der Waals surface area contributed by atoms with Gasteiger partial charge in [0.2, 0.25) is 5.75 Å². The van der Waals surface area contributed by atoms with Crippen molar-refractivity contribution < 1.29 is 42.1 Å². The smallest absolute Gasteiger partial charge is 0.387 e. The van der Waals surface area contributed by atoms with Crippen molar-refractivity contribution >= 4 is 11.8 Å². The van der Waals surface area contributed by atoms with Gasteiger partial charge in [-0.05, 0) is 36.4 Å². The highest BCUT2D eigenvalue weighted by molar-refractivity contribution is 5.99. The Kier molecular flexibility index (Phi) is 7.14. The fourth-order valence-corrected chi connectivity index (χ4v) is 2.32. The third kappa shape index (κ3) is 5.09. The zero-order valence-corrected chi connectivity index (χ0v) is 15.4. The lowest BCUT2D eigenvalue weighted by Gasteiger charge is -2.13. The average Bonchev–Trinajstić information content (AvgIpc) is 2.70. The van der Waals surface area contributed by atoms with Gasteiger partial charge in [-0.25, -0.2) is 4.79 Å². The number of esters is 1. The van der Waals surface area contributed by atoms with Crippen LogP contribution < -0.4 is 18.9 Å². The SMILES string of the molecule is COc1cc(C(=O)OCC(=O)c2ccc(OC(F)F)cc2)cc(OC)c1OC. The fourth-order valence-electron chi connectivity index (χ4n) is 2.32. The molecule has 0 unspecified atom stereocenters. The maximum Gasteiger partial charge on any atom is 0.387 e. The molecule has 9 heteroatoms. The monoisotopic (exact) mass is 396 g/mol. The molecule has 0 N–H and O–H groups in total. The van der Waals surface area contributed by atoms with E-state index in [0.29, 0.717) is 5.75 Å². The minimum atomic E-state index is -2.96. The summed E-state index contributed by atoms with van der Waals surface area (Å²) in [5.41, 5.74) is 0.280. The van der Waals surface area contributed by atoms with Crippen LogP contribution in [0.4, 0.5) is 8.78 Å². The molecule has 0 saturated heterocycles. The topological polar surface area (TPSA) is 80.3 Å². The molecule has 0 spiro atoms. The molecule has 0 fully saturated rings. The Bertz CT molecular complexity index is 810. The highest BCUT2D eigenvalue weighted by Crippen LogP contribution is 2.38. The van der Waals surface area contributed by atoms with Gasteiger partial charge in [-0.1, -0.05) is 0 Å². The summed E-state index contributed by atoms with van der Waals surface area (Å²) in [6.07, 6.45) is 0. The number of ketones is 1. The van der Waals surface area contributed by atoms with E-state index in [1.54, 1.807) is 0 Å². The molecule has 0 amide bonds. The highest BCUT2D eigenvalue weighted by Gasteiger charge is 2.19. The number of rotatable bonds is 9. The van der Waals surface area contributed by atoms with Crippen LogP contribution in [0, 0.1) is 0 Å². The van der Waals surface area contributed by atoms with E-state index in [1.165, 1.54) is 57.7 Å². The van der Waals surface area contributed by atoms with E-state index in [1.807, 2.05) is 0 Å². The first-order chi connectivity index (χ1) is 13.4. The number of alkyl halides is 2. The Labute approximate surface area is 159 Å². The summed E-state index contributed by atoms with van der Waals surface area (Å²) in [4.78, 5) is 24.4. The van der Waals surface area contributed by atoms with Crippen molar-refractivity contribution in [3.63, 3.8) is 0 Å². The zero-order chi connectivity index (χ0) is 20.7. The van der Waals surface area contributed by atoms with Crippen molar-refractivity contribution in [3.05, 3.63) is 47.5 Å². The van der Waals surface area contributed by atoms with Crippen LogP contribution >= 0.6 is 0 Å². The molecule has 0 aromatic heterocycles. The van der Waals surface area contributed by atoms with Gasteiger partial charge >= 0.3 is 12.6 Å². The molecule has 2 aromatic carbocycles. The summed E-state index contributed by atoms with van der Waals surface area (Å²) in [6, 6.07) is 7.83. The minimum absolute atomic E-state index is 0.0824. The Morgan fingerprint density at radius 2 is 1.46 bits per heavy atom. The van der Waals surface area contributed by atoms with Crippen molar-refractivity contribution in [2.45, 2.75) is 6.61 Å². The Morgan fingerprint density at radius 3 is 1.93 bits per heavy atom. The van der Waals surface area contributed by atoms with Gasteiger partial charge in [0.15, 0.2) is 23.9 Å². The van der Waals surface area contributed by atoms with Gasteiger partial charge in [-0.15, -0.1) is 0 Å². The Morgan fingerprint density at radius 1 is 0.893 bits per heavy atom. The van der Waals surface area contributed by atoms with Crippen molar-refractivity contribution in [3.8, 4) is 23.0 Å². The molecule has 0 aliphatic rings. The normalized spacial score (nSPS) is 10.4. The third-order valence-electron chi connectivity index (χ3n) is 3.64. The minimum Gasteiger partial charge on any atom is -0.493 e. The van der Waals surface area contributed by atoms with E-state index < -0.39 is 25.0 Å². The summed E-state index contributed by atoms with van der Waals surface area (Å²) >= 11 is 0. The first-order valence-corrected chi connectivity index (χ1v) is 7.94. The summed E-state index contributed by atoms with van der Waals surface area (Å²) < 4.78 is 49.0. The van der Waals surface area contributed by atoms with Gasteiger partial charge in [-0.2, -0.15) is 8.78 Å². The second-order valence-corrected chi connectivity index (χ2v) is 5.32. The lowest BCUT2D eigenvalue weighted by Crippen LogP contribution is -2.14. The van der Waals surface area contributed by atoms with E-state index in [4.69, 9.17) is 18.9 Å². The van der Waals surface area contributed by atoms with Crippen LogP contribution in [0.5, 0.6) is 23.0 Å². The summed E-state index contributed by atoms with van der Waals surface area (Å²) in [6.45, 7) is -3.49. The molecule has 28 heavy (non-hydrogen) atoms. The average molecular weight is 396 g/mol. The predicted octanol–water partition coefficient (Wildman–Crippen LogP) is 3.35. The maximum atomic E-state index is 12.3. The molecular weight excluding hydrogens is 378 g/mol. The molecule has 7 nitrogen and oxygen atoms in total. The highest BCUT2D eigenvalue weighted by atomic mass is 19.3. The van der Waals surface area contributed by atoms with Crippen LogP contribution in [0.2, 0.25) is 0 Å².